The standard InChI is InChI=1S/C18H29N/c1-13-5-6-17(12-19-4)18(10-13)11-16-8-14(2)7-15(3)9-16/h7-9,13,17-19H,5-6,10-12H2,1-4H3. The molecule has 1 heteroatoms. The Morgan fingerprint density at radius 1 is 1.05 bits per heavy atom. The lowest BCUT2D eigenvalue weighted by molar-refractivity contribution is 0.186. The van der Waals surface area contributed by atoms with E-state index in [9.17, 15) is 0 Å². The van der Waals surface area contributed by atoms with Gasteiger partial charge in [0.1, 0.15) is 0 Å². The van der Waals surface area contributed by atoms with E-state index in [2.05, 4.69) is 51.3 Å². The second-order valence-electron chi connectivity index (χ2n) is 6.70. The smallest absolute Gasteiger partial charge is 0.00208 e. The molecule has 1 N–H and O–H groups in total. The van der Waals surface area contributed by atoms with Crippen LogP contribution in [0.5, 0.6) is 0 Å². The summed E-state index contributed by atoms with van der Waals surface area (Å²) in [5.41, 5.74) is 4.35. The molecule has 3 atom stereocenters. The SMILES string of the molecule is CNCC1CCC(C)CC1Cc1cc(C)cc(C)c1. The van der Waals surface area contributed by atoms with Crippen molar-refractivity contribution in [2.45, 2.75) is 46.5 Å². The molecule has 1 aromatic rings. The third-order valence-corrected chi connectivity index (χ3v) is 4.65. The predicted octanol–water partition coefficient (Wildman–Crippen LogP) is 4.12. The van der Waals surface area contributed by atoms with Gasteiger partial charge in [0.25, 0.3) is 0 Å². The average Bonchev–Trinajstić information content (AvgIpc) is 2.31. The minimum Gasteiger partial charge on any atom is -0.319 e. The highest BCUT2D eigenvalue weighted by Crippen LogP contribution is 2.35. The highest BCUT2D eigenvalue weighted by molar-refractivity contribution is 5.29. The predicted molar refractivity (Wildman–Crippen MR) is 83.5 cm³/mol. The van der Waals surface area contributed by atoms with Crippen LogP contribution in [0.3, 0.4) is 0 Å². The Bertz CT molecular complexity index is 390. The molecule has 1 saturated carbocycles. The molecule has 0 bridgehead atoms. The van der Waals surface area contributed by atoms with Crippen LogP contribution in [0.15, 0.2) is 18.2 Å². The molecule has 0 radical (unpaired) electrons. The summed E-state index contributed by atoms with van der Waals surface area (Å²) < 4.78 is 0. The van der Waals surface area contributed by atoms with Crippen molar-refractivity contribution in [2.75, 3.05) is 13.6 Å². The van der Waals surface area contributed by atoms with Crippen molar-refractivity contribution in [3.63, 3.8) is 0 Å². The summed E-state index contributed by atoms with van der Waals surface area (Å²) in [5.74, 6) is 2.63. The molecule has 0 saturated heterocycles. The molecule has 0 aliphatic heterocycles. The van der Waals surface area contributed by atoms with E-state index in [-0.39, 0.29) is 0 Å². The van der Waals surface area contributed by atoms with Gasteiger partial charge in [-0.15, -0.1) is 0 Å². The van der Waals surface area contributed by atoms with E-state index in [1.165, 1.54) is 48.9 Å². The molecule has 0 aromatic heterocycles. The Morgan fingerprint density at radius 3 is 2.37 bits per heavy atom. The van der Waals surface area contributed by atoms with Gasteiger partial charge in [-0.25, -0.2) is 0 Å². The van der Waals surface area contributed by atoms with Crippen molar-refractivity contribution in [1.29, 1.82) is 0 Å². The maximum atomic E-state index is 3.39. The van der Waals surface area contributed by atoms with Gasteiger partial charge in [0.05, 0.1) is 0 Å². The van der Waals surface area contributed by atoms with Gasteiger partial charge in [-0.3, -0.25) is 0 Å². The Hall–Kier alpha value is -0.820. The Morgan fingerprint density at radius 2 is 1.74 bits per heavy atom. The van der Waals surface area contributed by atoms with E-state index < -0.39 is 0 Å². The molecule has 2 rings (SSSR count). The zero-order chi connectivity index (χ0) is 13.8. The van der Waals surface area contributed by atoms with Gasteiger partial charge in [-0.2, -0.15) is 0 Å². The van der Waals surface area contributed by atoms with Crippen LogP contribution in [0.1, 0.15) is 42.9 Å². The fourth-order valence-corrected chi connectivity index (χ4v) is 3.83. The van der Waals surface area contributed by atoms with Crippen molar-refractivity contribution in [2.24, 2.45) is 17.8 Å². The summed E-state index contributed by atoms with van der Waals surface area (Å²) in [6.07, 6.45) is 5.48. The van der Waals surface area contributed by atoms with Crippen molar-refractivity contribution >= 4 is 0 Å². The quantitative estimate of drug-likeness (QED) is 0.857. The third-order valence-electron chi connectivity index (χ3n) is 4.65. The molecule has 1 aliphatic rings. The zero-order valence-electron chi connectivity index (χ0n) is 13.0. The number of hydrogen-bond acceptors (Lipinski definition) is 1. The maximum absolute atomic E-state index is 3.39. The molecule has 0 spiro atoms. The van der Waals surface area contributed by atoms with Gasteiger partial charge in [-0.05, 0) is 70.0 Å². The summed E-state index contributed by atoms with van der Waals surface area (Å²) in [6, 6.07) is 7.03. The Kier molecular flexibility index (Phi) is 5.04. The van der Waals surface area contributed by atoms with Crippen LogP contribution in [-0.2, 0) is 6.42 Å². The van der Waals surface area contributed by atoms with Gasteiger partial charge in [0.2, 0.25) is 0 Å². The molecule has 3 unspecified atom stereocenters. The lowest BCUT2D eigenvalue weighted by Gasteiger charge is -2.35. The maximum Gasteiger partial charge on any atom is -0.00208 e. The van der Waals surface area contributed by atoms with Crippen LogP contribution in [-0.4, -0.2) is 13.6 Å². The first-order valence-corrected chi connectivity index (χ1v) is 7.80. The first-order chi connectivity index (χ1) is 9.08. The highest BCUT2D eigenvalue weighted by Gasteiger charge is 2.28. The van der Waals surface area contributed by atoms with E-state index in [1.54, 1.807) is 0 Å². The zero-order valence-corrected chi connectivity index (χ0v) is 13.0. The summed E-state index contributed by atoms with van der Waals surface area (Å²) in [4.78, 5) is 0. The van der Waals surface area contributed by atoms with Gasteiger partial charge in [-0.1, -0.05) is 42.7 Å². The lowest BCUT2D eigenvalue weighted by Crippen LogP contribution is -2.32. The highest BCUT2D eigenvalue weighted by atomic mass is 14.8. The Balaban J connectivity index is 2.09. The molecular formula is C18H29N. The fourth-order valence-electron chi connectivity index (χ4n) is 3.83. The largest absolute Gasteiger partial charge is 0.319 e. The molecule has 19 heavy (non-hydrogen) atoms. The minimum absolute atomic E-state index is 0.859. The summed E-state index contributed by atoms with van der Waals surface area (Å²) in [5, 5.41) is 3.39. The van der Waals surface area contributed by atoms with E-state index in [0.717, 1.165) is 17.8 Å². The number of benzene rings is 1. The van der Waals surface area contributed by atoms with Crippen molar-refractivity contribution in [3.05, 3.63) is 34.9 Å². The Labute approximate surface area is 118 Å². The first-order valence-electron chi connectivity index (χ1n) is 7.80. The van der Waals surface area contributed by atoms with Crippen LogP contribution in [0.4, 0.5) is 0 Å². The summed E-state index contributed by atoms with van der Waals surface area (Å²) in [7, 11) is 2.09. The van der Waals surface area contributed by atoms with Gasteiger partial charge >= 0.3 is 0 Å². The van der Waals surface area contributed by atoms with Crippen molar-refractivity contribution in [3.8, 4) is 0 Å². The molecule has 1 fully saturated rings. The van der Waals surface area contributed by atoms with Crippen molar-refractivity contribution < 1.29 is 0 Å². The second-order valence-corrected chi connectivity index (χ2v) is 6.70. The normalized spacial score (nSPS) is 27.5. The molecule has 1 aromatic carbocycles. The fraction of sp³-hybridized carbons (Fsp3) is 0.667. The third kappa shape index (κ3) is 4.07. The van der Waals surface area contributed by atoms with Crippen LogP contribution in [0.25, 0.3) is 0 Å². The van der Waals surface area contributed by atoms with Crippen LogP contribution in [0.2, 0.25) is 0 Å². The molecular weight excluding hydrogens is 230 g/mol. The lowest BCUT2D eigenvalue weighted by atomic mass is 9.72. The first kappa shape index (κ1) is 14.6. The van der Waals surface area contributed by atoms with Crippen LogP contribution in [0, 0.1) is 31.6 Å². The molecule has 1 aliphatic carbocycles. The van der Waals surface area contributed by atoms with Crippen molar-refractivity contribution in [1.82, 2.24) is 5.32 Å². The number of hydrogen-bond donors (Lipinski definition) is 1. The second kappa shape index (κ2) is 6.56. The topological polar surface area (TPSA) is 12.0 Å². The molecule has 106 valence electrons. The van der Waals surface area contributed by atoms with Gasteiger partial charge < -0.3 is 5.32 Å². The van der Waals surface area contributed by atoms with Crippen LogP contribution < -0.4 is 5.32 Å². The number of aryl methyl sites for hydroxylation is 2. The van der Waals surface area contributed by atoms with E-state index in [4.69, 9.17) is 0 Å². The van der Waals surface area contributed by atoms with E-state index in [0.29, 0.717) is 0 Å². The summed E-state index contributed by atoms with van der Waals surface area (Å²) in [6.45, 7) is 8.03. The van der Waals surface area contributed by atoms with Gasteiger partial charge in [0, 0.05) is 0 Å². The molecule has 1 nitrogen and oxygen atoms in total. The number of nitrogens with one attached hydrogen (secondary N) is 1. The number of rotatable bonds is 4. The monoisotopic (exact) mass is 259 g/mol. The molecule has 0 heterocycles. The van der Waals surface area contributed by atoms with E-state index in [1.807, 2.05) is 0 Å². The summed E-state index contributed by atoms with van der Waals surface area (Å²) >= 11 is 0. The average molecular weight is 259 g/mol. The minimum atomic E-state index is 0.859. The molecule has 0 amide bonds. The van der Waals surface area contributed by atoms with E-state index >= 15 is 0 Å². The van der Waals surface area contributed by atoms with Crippen LogP contribution >= 0.6 is 0 Å². The van der Waals surface area contributed by atoms with Gasteiger partial charge in [0.15, 0.2) is 0 Å².